The van der Waals surface area contributed by atoms with Crippen LogP contribution in [-0.4, -0.2) is 24.6 Å². The minimum Gasteiger partial charge on any atom is -0.491 e. The molecule has 0 radical (unpaired) electrons. The Labute approximate surface area is 300 Å². The molecule has 0 aliphatic carbocycles. The molecule has 0 unspecified atom stereocenters. The lowest BCUT2D eigenvalue weighted by molar-refractivity contribution is -0.128. The quantitative estimate of drug-likeness (QED) is 0.0430. The molecule has 0 aliphatic rings. The number of hydrogen-bond donors (Lipinski definition) is 0. The van der Waals surface area contributed by atoms with Gasteiger partial charge in [-0.15, -0.1) is 0 Å². The predicted molar refractivity (Wildman–Crippen MR) is 201 cm³/mol. The fraction of sp³-hybridized carbons (Fsp3) is 0.500. The summed E-state index contributed by atoms with van der Waals surface area (Å²) in [6, 6.07) is 18.7. The van der Waals surface area contributed by atoms with Crippen molar-refractivity contribution in [1.29, 1.82) is 0 Å². The standard InChI is InChI=1S/C44H57FO5/c1-4-6-8-10-11-12-13-14-15-16-17-19-33-48-42-31-21-36(34-41(42)45)22-32-43(46)50-40-29-27-38(28-30-40)37-23-25-39(26-24-37)44(47)49-35(3)20-18-9-7-5-2/h21,23-31,34-35H,4-20,33H2,1-3H3/t35-/m0/s1. The first-order valence-electron chi connectivity index (χ1n) is 19.0. The Hall–Kier alpha value is -4.11. The van der Waals surface area contributed by atoms with Gasteiger partial charge in [-0.3, -0.25) is 0 Å². The molecule has 0 heterocycles. The Balaban J connectivity index is 1.35. The fourth-order valence-electron chi connectivity index (χ4n) is 5.76. The summed E-state index contributed by atoms with van der Waals surface area (Å²) in [7, 11) is 0. The summed E-state index contributed by atoms with van der Waals surface area (Å²) in [6.45, 7) is 6.84. The second-order valence-electron chi connectivity index (χ2n) is 13.2. The Kier molecular flexibility index (Phi) is 19.4. The van der Waals surface area contributed by atoms with Crippen molar-refractivity contribution in [3.63, 3.8) is 0 Å². The number of benzene rings is 3. The lowest BCUT2D eigenvalue weighted by Gasteiger charge is -2.13. The number of rotatable bonds is 23. The third-order valence-electron chi connectivity index (χ3n) is 8.79. The van der Waals surface area contributed by atoms with Crippen LogP contribution < -0.4 is 9.47 Å². The third kappa shape index (κ3) is 16.1. The number of esters is 2. The molecule has 0 saturated heterocycles. The van der Waals surface area contributed by atoms with Gasteiger partial charge in [-0.1, -0.05) is 134 Å². The number of unbranched alkanes of at least 4 members (excludes halogenated alkanes) is 14. The van der Waals surface area contributed by atoms with Crippen molar-refractivity contribution in [2.24, 2.45) is 0 Å². The Bertz CT molecular complexity index is 1470. The van der Waals surface area contributed by atoms with E-state index < -0.39 is 11.8 Å². The highest BCUT2D eigenvalue weighted by atomic mass is 19.1. The van der Waals surface area contributed by atoms with Crippen LogP contribution in [0.3, 0.4) is 0 Å². The summed E-state index contributed by atoms with van der Waals surface area (Å²) in [5.41, 5.74) is 2.68. The van der Waals surface area contributed by atoms with Gasteiger partial charge < -0.3 is 14.2 Å². The zero-order chi connectivity index (χ0) is 35.8. The number of halogens is 1. The van der Waals surface area contributed by atoms with Crippen molar-refractivity contribution in [3.8, 4) is 34.5 Å². The average Bonchev–Trinajstić information content (AvgIpc) is 3.12. The van der Waals surface area contributed by atoms with E-state index in [0.717, 1.165) is 43.2 Å². The molecule has 0 aliphatic heterocycles. The topological polar surface area (TPSA) is 61.8 Å². The van der Waals surface area contributed by atoms with Gasteiger partial charge in [0.05, 0.1) is 18.3 Å². The smallest absolute Gasteiger partial charge is 0.390 e. The van der Waals surface area contributed by atoms with Crippen molar-refractivity contribution in [2.45, 2.75) is 136 Å². The van der Waals surface area contributed by atoms with Crippen LogP contribution >= 0.6 is 0 Å². The second kappa shape index (κ2) is 24.1. The van der Waals surface area contributed by atoms with Crippen molar-refractivity contribution in [3.05, 3.63) is 83.7 Å². The molecule has 270 valence electrons. The molecule has 0 amide bonds. The number of ether oxygens (including phenoxy) is 3. The summed E-state index contributed by atoms with van der Waals surface area (Å²) >= 11 is 0. The lowest BCUT2D eigenvalue weighted by Crippen LogP contribution is -2.15. The Morgan fingerprint density at radius 1 is 0.680 bits per heavy atom. The molecular formula is C44H57FO5. The van der Waals surface area contributed by atoms with Crippen molar-refractivity contribution >= 4 is 11.9 Å². The van der Waals surface area contributed by atoms with E-state index in [4.69, 9.17) is 14.2 Å². The SMILES string of the molecule is CCCCCCCCCCCCCCOc1ccc(C#CC(=O)Oc2ccc(-c3ccc(C(=O)O[C@@H](C)CCCCCC)cc3)cc2)cc1F. The molecule has 5 nitrogen and oxygen atoms in total. The largest absolute Gasteiger partial charge is 0.491 e. The van der Waals surface area contributed by atoms with Crippen LogP contribution in [0.4, 0.5) is 4.39 Å². The van der Waals surface area contributed by atoms with Gasteiger partial charge >= 0.3 is 11.9 Å². The van der Waals surface area contributed by atoms with Crippen molar-refractivity contribution in [1.82, 2.24) is 0 Å². The normalized spacial score (nSPS) is 11.4. The van der Waals surface area contributed by atoms with Gasteiger partial charge in [0.15, 0.2) is 11.6 Å². The highest BCUT2D eigenvalue weighted by molar-refractivity contribution is 5.91. The molecule has 0 aromatic heterocycles. The molecule has 50 heavy (non-hydrogen) atoms. The van der Waals surface area contributed by atoms with E-state index in [0.29, 0.717) is 23.5 Å². The fourth-order valence-corrected chi connectivity index (χ4v) is 5.76. The minimum absolute atomic E-state index is 0.112. The predicted octanol–water partition coefficient (Wildman–Crippen LogP) is 12.0. The van der Waals surface area contributed by atoms with E-state index in [1.807, 2.05) is 31.2 Å². The Morgan fingerprint density at radius 3 is 1.80 bits per heavy atom. The monoisotopic (exact) mass is 684 g/mol. The van der Waals surface area contributed by atoms with Gasteiger partial charge in [0, 0.05) is 11.5 Å². The van der Waals surface area contributed by atoms with E-state index in [9.17, 15) is 14.0 Å². The molecule has 0 saturated carbocycles. The van der Waals surface area contributed by atoms with Gasteiger partial charge in [0.2, 0.25) is 0 Å². The van der Waals surface area contributed by atoms with Crippen LogP contribution in [0.15, 0.2) is 66.7 Å². The average molecular weight is 685 g/mol. The molecule has 1 atom stereocenters. The molecule has 0 spiro atoms. The molecule has 0 fully saturated rings. The van der Waals surface area contributed by atoms with Crippen LogP contribution in [0.25, 0.3) is 11.1 Å². The van der Waals surface area contributed by atoms with Crippen LogP contribution in [0.2, 0.25) is 0 Å². The van der Waals surface area contributed by atoms with Crippen LogP contribution in [0.5, 0.6) is 11.5 Å². The van der Waals surface area contributed by atoms with Crippen LogP contribution in [-0.2, 0) is 9.53 Å². The van der Waals surface area contributed by atoms with Gasteiger partial charge in [-0.2, -0.15) is 0 Å². The highest BCUT2D eigenvalue weighted by Crippen LogP contribution is 2.24. The number of carbonyl (C=O) groups is 2. The molecule has 0 bridgehead atoms. The van der Waals surface area contributed by atoms with Gasteiger partial charge in [0.1, 0.15) is 5.75 Å². The van der Waals surface area contributed by atoms with Gasteiger partial charge in [-0.25, -0.2) is 14.0 Å². The summed E-state index contributed by atoms with van der Waals surface area (Å²) in [4.78, 5) is 24.9. The summed E-state index contributed by atoms with van der Waals surface area (Å²) in [5.74, 6) is 4.06. The van der Waals surface area contributed by atoms with E-state index in [-0.39, 0.29) is 17.8 Å². The molecule has 3 rings (SSSR count). The highest BCUT2D eigenvalue weighted by Gasteiger charge is 2.12. The summed E-state index contributed by atoms with van der Waals surface area (Å²) in [5, 5.41) is 0. The minimum atomic E-state index is -0.743. The van der Waals surface area contributed by atoms with Gasteiger partial charge in [-0.05, 0) is 79.8 Å². The maximum Gasteiger partial charge on any atom is 0.390 e. The lowest BCUT2D eigenvalue weighted by atomic mass is 10.0. The first kappa shape index (κ1) is 40.3. The van der Waals surface area contributed by atoms with Crippen LogP contribution in [0, 0.1) is 17.7 Å². The molecule has 3 aromatic rings. The summed E-state index contributed by atoms with van der Waals surface area (Å²) in [6.07, 6.45) is 20.5. The maximum atomic E-state index is 14.6. The third-order valence-corrected chi connectivity index (χ3v) is 8.79. The second-order valence-corrected chi connectivity index (χ2v) is 13.2. The van der Waals surface area contributed by atoms with E-state index in [1.54, 1.807) is 36.4 Å². The van der Waals surface area contributed by atoms with Crippen molar-refractivity contribution < 1.29 is 28.2 Å². The maximum absolute atomic E-state index is 14.6. The van der Waals surface area contributed by atoms with Gasteiger partial charge in [0.25, 0.3) is 0 Å². The van der Waals surface area contributed by atoms with Crippen molar-refractivity contribution in [2.75, 3.05) is 6.61 Å². The molecule has 6 heteroatoms. The Morgan fingerprint density at radius 2 is 1.22 bits per heavy atom. The van der Waals surface area contributed by atoms with E-state index in [1.165, 1.54) is 83.1 Å². The number of hydrogen-bond acceptors (Lipinski definition) is 5. The molecule has 3 aromatic carbocycles. The zero-order valence-corrected chi connectivity index (χ0v) is 30.6. The summed E-state index contributed by atoms with van der Waals surface area (Å²) < 4.78 is 31.2. The first-order valence-corrected chi connectivity index (χ1v) is 19.0. The van der Waals surface area contributed by atoms with E-state index >= 15 is 0 Å². The number of carbonyl (C=O) groups excluding carboxylic acids is 2. The van der Waals surface area contributed by atoms with Crippen LogP contribution in [0.1, 0.15) is 146 Å². The zero-order valence-electron chi connectivity index (χ0n) is 30.6. The molecular weight excluding hydrogens is 627 g/mol. The molecule has 0 N–H and O–H groups in total. The van der Waals surface area contributed by atoms with E-state index in [2.05, 4.69) is 25.7 Å². The first-order chi connectivity index (χ1) is 24.4.